The van der Waals surface area contributed by atoms with E-state index in [1.54, 1.807) is 17.9 Å². The molecule has 2 heterocycles. The highest BCUT2D eigenvalue weighted by molar-refractivity contribution is 5.59. The molecule has 0 radical (unpaired) electrons. The second-order valence-corrected chi connectivity index (χ2v) is 6.20. The van der Waals surface area contributed by atoms with Crippen LogP contribution in [0.3, 0.4) is 0 Å². The van der Waals surface area contributed by atoms with E-state index in [0.29, 0.717) is 18.7 Å². The maximum atomic E-state index is 9.25. The number of methoxy groups -OCH3 is 1. The normalized spacial score (nSPS) is 16.3. The summed E-state index contributed by atoms with van der Waals surface area (Å²) in [4.78, 5) is 2.12. The molecule has 0 N–H and O–H groups in total. The van der Waals surface area contributed by atoms with Crippen molar-refractivity contribution in [3.8, 4) is 11.8 Å². The van der Waals surface area contributed by atoms with Crippen molar-refractivity contribution in [2.45, 2.75) is 12.8 Å². The molecule has 1 atom stereocenters. The molecule has 7 heteroatoms. The van der Waals surface area contributed by atoms with Crippen molar-refractivity contribution in [3.63, 3.8) is 0 Å². The van der Waals surface area contributed by atoms with Crippen molar-refractivity contribution in [2.75, 3.05) is 25.2 Å². The molecule has 0 saturated carbocycles. The average molecular weight is 361 g/mol. The summed E-state index contributed by atoms with van der Waals surface area (Å²) in [6.07, 6.45) is 1.55. The van der Waals surface area contributed by atoms with Gasteiger partial charge in [0.25, 0.3) is 0 Å². The number of nitriles is 1. The molecule has 7 nitrogen and oxygen atoms in total. The number of para-hydroxylation sites is 2. The van der Waals surface area contributed by atoms with E-state index < -0.39 is 0 Å². The molecule has 3 aromatic rings. The second kappa shape index (κ2) is 7.48. The van der Waals surface area contributed by atoms with Gasteiger partial charge in [0, 0.05) is 6.54 Å². The van der Waals surface area contributed by atoms with Crippen molar-refractivity contribution < 1.29 is 9.47 Å². The number of hydrogen-bond donors (Lipinski definition) is 0. The van der Waals surface area contributed by atoms with Crippen molar-refractivity contribution in [3.05, 3.63) is 71.5 Å². The Morgan fingerprint density at radius 2 is 2.04 bits per heavy atom. The molecule has 2 aromatic carbocycles. The Labute approximate surface area is 157 Å². The average Bonchev–Trinajstić information content (AvgIpc) is 3.37. The summed E-state index contributed by atoms with van der Waals surface area (Å²) in [6, 6.07) is 17.6. The number of nitrogens with zero attached hydrogens (tertiary/aromatic N) is 5. The van der Waals surface area contributed by atoms with Crippen LogP contribution in [0.4, 0.5) is 5.69 Å². The molecule has 0 aliphatic carbocycles. The number of hydrogen-bond acceptors (Lipinski definition) is 6. The smallest absolute Gasteiger partial charge is 0.177 e. The topological polar surface area (TPSA) is 76.2 Å². The predicted octanol–water partition coefficient (Wildman–Crippen LogP) is 2.74. The quantitative estimate of drug-likeness (QED) is 0.695. The number of anilines is 1. The fraction of sp³-hybridized carbons (Fsp3) is 0.250. The third-order valence-corrected chi connectivity index (χ3v) is 4.57. The number of ether oxygens (including phenoxy) is 2. The zero-order valence-electron chi connectivity index (χ0n) is 14.9. The highest BCUT2D eigenvalue weighted by atomic mass is 16.5. The lowest BCUT2D eigenvalue weighted by atomic mass is 10.1. The summed E-state index contributed by atoms with van der Waals surface area (Å²) in [5.41, 5.74) is 3.24. The van der Waals surface area contributed by atoms with E-state index in [1.807, 2.05) is 48.7 Å². The predicted molar refractivity (Wildman–Crippen MR) is 99.3 cm³/mol. The first-order valence-electron chi connectivity index (χ1n) is 8.69. The SMILES string of the molecule is COc1ccccc1N1CCOC1c1cn(Cc2ccccc2C#N)nn1. The molecule has 136 valence electrons. The van der Waals surface area contributed by atoms with Crippen LogP contribution < -0.4 is 9.64 Å². The Kier molecular flexibility index (Phi) is 4.73. The molecule has 1 aliphatic heterocycles. The maximum Gasteiger partial charge on any atom is 0.177 e. The second-order valence-electron chi connectivity index (χ2n) is 6.20. The molecule has 4 rings (SSSR count). The number of rotatable bonds is 5. The van der Waals surface area contributed by atoms with Gasteiger partial charge in [-0.15, -0.1) is 5.10 Å². The largest absolute Gasteiger partial charge is 0.495 e. The van der Waals surface area contributed by atoms with Crippen molar-refractivity contribution >= 4 is 5.69 Å². The molecule has 0 bridgehead atoms. The van der Waals surface area contributed by atoms with Gasteiger partial charge >= 0.3 is 0 Å². The first-order chi connectivity index (χ1) is 13.3. The van der Waals surface area contributed by atoms with Crippen LogP contribution in [0.2, 0.25) is 0 Å². The Morgan fingerprint density at radius 3 is 2.89 bits per heavy atom. The Hall–Kier alpha value is -3.37. The van der Waals surface area contributed by atoms with E-state index in [1.165, 1.54) is 0 Å². The summed E-state index contributed by atoms with van der Waals surface area (Å²) in [5, 5.41) is 17.8. The van der Waals surface area contributed by atoms with Crippen LogP contribution in [0.5, 0.6) is 5.75 Å². The van der Waals surface area contributed by atoms with E-state index >= 15 is 0 Å². The van der Waals surface area contributed by atoms with Gasteiger partial charge in [0.05, 0.1) is 43.8 Å². The first-order valence-corrected chi connectivity index (χ1v) is 8.69. The first kappa shape index (κ1) is 17.1. The lowest BCUT2D eigenvalue weighted by molar-refractivity contribution is 0.110. The van der Waals surface area contributed by atoms with Crippen LogP contribution in [0, 0.1) is 11.3 Å². The monoisotopic (exact) mass is 361 g/mol. The van der Waals surface area contributed by atoms with Crippen molar-refractivity contribution in [1.82, 2.24) is 15.0 Å². The molecule has 1 fully saturated rings. The van der Waals surface area contributed by atoms with Gasteiger partial charge in [-0.1, -0.05) is 35.5 Å². The molecule has 27 heavy (non-hydrogen) atoms. The third-order valence-electron chi connectivity index (χ3n) is 4.57. The van der Waals surface area contributed by atoms with E-state index in [-0.39, 0.29) is 6.23 Å². The summed E-state index contributed by atoms with van der Waals surface area (Å²) in [5.74, 6) is 0.795. The molecular weight excluding hydrogens is 342 g/mol. The van der Waals surface area contributed by atoms with Crippen molar-refractivity contribution in [2.24, 2.45) is 0 Å². The fourth-order valence-corrected chi connectivity index (χ4v) is 3.27. The zero-order chi connectivity index (χ0) is 18.6. The van der Waals surface area contributed by atoms with Gasteiger partial charge in [0.2, 0.25) is 0 Å². The standard InChI is InChI=1S/C20H19N5O2/c1-26-19-9-5-4-8-18(19)25-10-11-27-20(25)17-14-24(23-22-17)13-16-7-3-2-6-15(16)12-21/h2-9,14,20H,10-11,13H2,1H3. The molecule has 1 aliphatic rings. The Bertz CT molecular complexity index is 978. The van der Waals surface area contributed by atoms with Crippen LogP contribution in [0.25, 0.3) is 0 Å². The van der Waals surface area contributed by atoms with Crippen molar-refractivity contribution in [1.29, 1.82) is 5.26 Å². The van der Waals surface area contributed by atoms with E-state index in [2.05, 4.69) is 21.3 Å². The molecular formula is C20H19N5O2. The minimum absolute atomic E-state index is 0.318. The highest BCUT2D eigenvalue weighted by Gasteiger charge is 2.31. The number of aromatic nitrogens is 3. The molecule has 1 unspecified atom stereocenters. The molecule has 0 spiro atoms. The van der Waals surface area contributed by atoms with E-state index in [9.17, 15) is 5.26 Å². The Balaban J connectivity index is 1.58. The lowest BCUT2D eigenvalue weighted by Crippen LogP contribution is -2.24. The summed E-state index contributed by atoms with van der Waals surface area (Å²) < 4.78 is 13.1. The van der Waals surface area contributed by atoms with Gasteiger partial charge in [-0.3, -0.25) is 0 Å². The lowest BCUT2D eigenvalue weighted by Gasteiger charge is -2.25. The van der Waals surface area contributed by atoms with E-state index in [0.717, 1.165) is 29.2 Å². The minimum Gasteiger partial charge on any atom is -0.495 e. The van der Waals surface area contributed by atoms with Crippen LogP contribution in [-0.4, -0.2) is 35.3 Å². The maximum absolute atomic E-state index is 9.25. The fourth-order valence-electron chi connectivity index (χ4n) is 3.27. The number of benzene rings is 2. The van der Waals surface area contributed by atoms with Gasteiger partial charge in [0.1, 0.15) is 11.4 Å². The van der Waals surface area contributed by atoms with Crippen LogP contribution in [0.15, 0.2) is 54.7 Å². The molecule has 1 aromatic heterocycles. The van der Waals surface area contributed by atoms with Crippen LogP contribution in [-0.2, 0) is 11.3 Å². The summed E-state index contributed by atoms with van der Waals surface area (Å²) in [6.45, 7) is 1.83. The van der Waals surface area contributed by atoms with Gasteiger partial charge in [-0.2, -0.15) is 5.26 Å². The van der Waals surface area contributed by atoms with Crippen LogP contribution >= 0.6 is 0 Å². The summed E-state index contributed by atoms with van der Waals surface area (Å²) >= 11 is 0. The molecule has 1 saturated heterocycles. The summed E-state index contributed by atoms with van der Waals surface area (Å²) in [7, 11) is 1.66. The van der Waals surface area contributed by atoms with Gasteiger partial charge in [-0.05, 0) is 23.8 Å². The zero-order valence-corrected chi connectivity index (χ0v) is 14.9. The van der Waals surface area contributed by atoms with E-state index in [4.69, 9.17) is 9.47 Å². The minimum atomic E-state index is -0.318. The third kappa shape index (κ3) is 3.35. The molecule has 0 amide bonds. The van der Waals surface area contributed by atoms with Gasteiger partial charge in [0.15, 0.2) is 6.23 Å². The highest BCUT2D eigenvalue weighted by Crippen LogP contribution is 2.36. The van der Waals surface area contributed by atoms with Crippen LogP contribution in [0.1, 0.15) is 23.0 Å². The van der Waals surface area contributed by atoms with Gasteiger partial charge in [-0.25, -0.2) is 4.68 Å². The Morgan fingerprint density at radius 1 is 1.22 bits per heavy atom. The van der Waals surface area contributed by atoms with Gasteiger partial charge < -0.3 is 14.4 Å².